The first-order valence-corrected chi connectivity index (χ1v) is 39.1. The van der Waals surface area contributed by atoms with Gasteiger partial charge in [0.05, 0.1) is 26.4 Å². The number of rotatable bonds is 64. The summed E-state index contributed by atoms with van der Waals surface area (Å²) in [4.78, 5) is 45.0. The largest absolute Gasteiger partial charge is 2.00 e. The van der Waals surface area contributed by atoms with Crippen LogP contribution >= 0.6 is 13.5 Å². The molecule has 0 aromatic rings. The summed E-state index contributed by atoms with van der Waals surface area (Å²) in [6, 6.07) is 0. The van der Waals surface area contributed by atoms with Gasteiger partial charge in [0.1, 0.15) is 0 Å². The van der Waals surface area contributed by atoms with Gasteiger partial charge in [0.15, 0.2) is 0 Å². The molecular formula is C78H150O8S5Sn2. The van der Waals surface area contributed by atoms with E-state index in [2.05, 4.69) is 76.3 Å². The average Bonchev–Trinajstić information content (AvgIpc) is 3.56. The number of hydrogen-bond acceptors (Lipinski definition) is 12. The monoisotopic (exact) mass is 1610 g/mol. The van der Waals surface area contributed by atoms with Crippen molar-refractivity contribution in [2.75, 3.05) is 49.4 Å². The summed E-state index contributed by atoms with van der Waals surface area (Å²) in [6.07, 6.45) is 81.4. The minimum Gasteiger partial charge on any atom is -0.789 e. The minimum atomic E-state index is -0.0874. The molecule has 0 amide bonds. The first-order valence-electron chi connectivity index (χ1n) is 36.8. The Morgan fingerprint density at radius 1 is 0.237 bits per heavy atom. The van der Waals surface area contributed by atoms with Crippen LogP contribution in [0.15, 0.2) is 48.6 Å². The molecule has 0 saturated carbocycles. The third kappa shape index (κ3) is 117. The van der Waals surface area contributed by atoms with E-state index < -0.39 is 0 Å². The van der Waals surface area contributed by atoms with Crippen LogP contribution in [0.4, 0.5) is 0 Å². The van der Waals surface area contributed by atoms with Crippen molar-refractivity contribution < 1.29 is 38.1 Å². The van der Waals surface area contributed by atoms with Crippen LogP contribution in [-0.4, -0.2) is 121 Å². The first-order chi connectivity index (χ1) is 43.2. The second-order valence-corrected chi connectivity index (χ2v) is 25.3. The molecule has 0 rings (SSSR count). The number of carbonyl (C=O) groups is 4. The molecule has 0 bridgehead atoms. The van der Waals surface area contributed by atoms with E-state index in [1.807, 2.05) is 0 Å². The fourth-order valence-corrected chi connectivity index (χ4v) is 9.90. The van der Waals surface area contributed by atoms with Crippen LogP contribution < -0.4 is 0 Å². The van der Waals surface area contributed by atoms with E-state index >= 15 is 0 Å². The fraction of sp³-hybridized carbons (Fsp3) is 0.846. The number of unbranched alkanes of at least 4 members (excludes halogenated alkanes) is 40. The van der Waals surface area contributed by atoms with Gasteiger partial charge in [-0.3, -0.25) is 19.2 Å². The van der Waals surface area contributed by atoms with Crippen LogP contribution in [0.3, 0.4) is 0 Å². The van der Waals surface area contributed by atoms with Crippen molar-refractivity contribution in [1.29, 1.82) is 0 Å². The fourth-order valence-electron chi connectivity index (χ4n) is 9.56. The summed E-state index contributed by atoms with van der Waals surface area (Å²) >= 11 is 18.9. The number of hydrogen-bond donors (Lipinski definition) is 0. The van der Waals surface area contributed by atoms with Crippen molar-refractivity contribution in [3.8, 4) is 0 Å². The summed E-state index contributed by atoms with van der Waals surface area (Å²) in [5.41, 5.74) is 0. The summed E-state index contributed by atoms with van der Waals surface area (Å²) in [6.45, 7) is 10.6. The van der Waals surface area contributed by atoms with Crippen molar-refractivity contribution in [3.05, 3.63) is 48.6 Å². The Morgan fingerprint density at radius 2 is 0.366 bits per heavy atom. The molecule has 0 spiro atoms. The van der Waals surface area contributed by atoms with Gasteiger partial charge in [-0.25, -0.2) is 0 Å². The van der Waals surface area contributed by atoms with Crippen molar-refractivity contribution in [2.45, 2.75) is 376 Å². The average molecular weight is 1610 g/mol. The Balaban J connectivity index is -0.000000142. The molecule has 0 heterocycles. The standard InChI is InChI=1S/4C19H36O2S.2CH4.H2S.2Sn/c4*1-2-3-4-5-6-7-8-9-10-11-12-13-14-15-16-19(20)21-17-18-22;;;;;/h4*6-7,22H,2-5,8-18H2,1H3;2*1H4;1H2;;/q;;;;;;;2*+2/p-4/b4*7-6+;;;;;. The molecule has 0 N–H and O–H groups in total. The van der Waals surface area contributed by atoms with Gasteiger partial charge in [0, 0.05) is 25.7 Å². The quantitative estimate of drug-likeness (QED) is 0.0145. The number of carbonyl (C=O) groups excluding carboxylic acids is 4. The SMILES string of the molecule is C.C.CCCCC/C=C/CCCCCCCCCC(=O)OCC[S-].CCCCC/C=C/CCCCCCCCCC(=O)OCC[S-].CCCCC/C=C/CCCCCCCCCC(=O)OCC[S-].CCCCC/C=C/CCCCCCCCCC(=O)OCC[S-].S.[Sn+2].[Sn+2]. The second-order valence-electron chi connectivity index (χ2n) is 23.6. The minimum absolute atomic E-state index is 0. The molecule has 93 heavy (non-hydrogen) atoms. The van der Waals surface area contributed by atoms with Gasteiger partial charge >= 0.3 is 71.7 Å². The van der Waals surface area contributed by atoms with E-state index in [4.69, 9.17) is 69.5 Å². The van der Waals surface area contributed by atoms with E-state index in [9.17, 15) is 19.2 Å². The van der Waals surface area contributed by atoms with Gasteiger partial charge in [-0.1, -0.05) is 271 Å². The van der Waals surface area contributed by atoms with E-state index in [0.29, 0.717) is 75.1 Å². The molecule has 548 valence electrons. The normalized spacial score (nSPS) is 10.6. The Hall–Kier alpha value is 0.187. The third-order valence-corrected chi connectivity index (χ3v) is 15.6. The van der Waals surface area contributed by atoms with Crippen LogP contribution in [0.25, 0.3) is 0 Å². The van der Waals surface area contributed by atoms with Gasteiger partial charge in [0.2, 0.25) is 0 Å². The molecule has 0 aromatic heterocycles. The Bertz CT molecular complexity index is 1290. The van der Waals surface area contributed by atoms with Crippen LogP contribution in [0.1, 0.15) is 376 Å². The summed E-state index contributed by atoms with van der Waals surface area (Å²) in [7, 11) is 0. The molecule has 0 atom stereocenters. The molecule has 15 heteroatoms. The third-order valence-electron chi connectivity index (χ3n) is 15.0. The number of ether oxygens (including phenoxy) is 4. The van der Waals surface area contributed by atoms with Crippen LogP contribution in [0.5, 0.6) is 0 Å². The van der Waals surface area contributed by atoms with Crippen LogP contribution in [0, 0.1) is 0 Å². The molecule has 4 radical (unpaired) electrons. The maximum Gasteiger partial charge on any atom is 2.00 e. The van der Waals surface area contributed by atoms with Gasteiger partial charge in [-0.15, -0.1) is 23.0 Å². The molecule has 0 saturated heterocycles. The van der Waals surface area contributed by atoms with Gasteiger partial charge in [-0.05, 0) is 128 Å². The van der Waals surface area contributed by atoms with Crippen LogP contribution in [0.2, 0.25) is 0 Å². The van der Waals surface area contributed by atoms with Gasteiger partial charge < -0.3 is 69.5 Å². The summed E-state index contributed by atoms with van der Waals surface area (Å²) < 4.78 is 19.8. The van der Waals surface area contributed by atoms with Crippen molar-refractivity contribution in [3.63, 3.8) is 0 Å². The molecule has 0 aromatic carbocycles. The maximum absolute atomic E-state index is 11.2. The molecule has 0 unspecified atom stereocenters. The Morgan fingerprint density at radius 3 is 0.505 bits per heavy atom. The van der Waals surface area contributed by atoms with E-state index in [1.54, 1.807) is 0 Å². The zero-order valence-electron chi connectivity index (χ0n) is 59.4. The predicted molar refractivity (Wildman–Crippen MR) is 427 cm³/mol. The first kappa shape index (κ1) is 112. The van der Waals surface area contributed by atoms with Gasteiger partial charge in [-0.2, -0.15) is 13.5 Å². The molecule has 8 nitrogen and oxygen atoms in total. The molecular weight excluding hydrogens is 1460 g/mol. The number of esters is 4. The maximum atomic E-state index is 11.2. The smallest absolute Gasteiger partial charge is 0.789 e. The Kier molecular flexibility index (Phi) is 130. The van der Waals surface area contributed by atoms with E-state index in [-0.39, 0.29) is 100 Å². The van der Waals surface area contributed by atoms with E-state index in [1.165, 1.54) is 257 Å². The molecule has 0 aliphatic carbocycles. The van der Waals surface area contributed by atoms with E-state index in [0.717, 1.165) is 51.4 Å². The second kappa shape index (κ2) is 108. The summed E-state index contributed by atoms with van der Waals surface area (Å²) in [5, 5.41) is 0. The predicted octanol–water partition coefficient (Wildman–Crippen LogP) is 23.5. The molecule has 0 aliphatic rings. The summed E-state index contributed by atoms with van der Waals surface area (Å²) in [5.74, 6) is 1.65. The topological polar surface area (TPSA) is 105 Å². The molecule has 0 fully saturated rings. The van der Waals surface area contributed by atoms with Crippen LogP contribution in [-0.2, 0) is 88.6 Å². The van der Waals surface area contributed by atoms with Crippen molar-refractivity contribution in [1.82, 2.24) is 0 Å². The number of allylic oxidation sites excluding steroid dienone is 8. The zero-order valence-corrected chi connectivity index (χ0v) is 69.4. The zero-order chi connectivity index (χ0) is 65.2. The Labute approximate surface area is 642 Å². The molecule has 0 aliphatic heterocycles. The van der Waals surface area contributed by atoms with Crippen molar-refractivity contribution >= 4 is 136 Å². The van der Waals surface area contributed by atoms with Gasteiger partial charge in [0.25, 0.3) is 0 Å². The van der Waals surface area contributed by atoms with Crippen molar-refractivity contribution in [2.24, 2.45) is 0 Å².